The summed E-state index contributed by atoms with van der Waals surface area (Å²) in [7, 11) is 3.62. The molecule has 4 heteroatoms. The number of carbonyl (C=O) groups is 1. The van der Waals surface area contributed by atoms with Crippen molar-refractivity contribution in [3.63, 3.8) is 0 Å². The number of esters is 1. The van der Waals surface area contributed by atoms with Gasteiger partial charge in [-0.3, -0.25) is 9.69 Å². The van der Waals surface area contributed by atoms with Crippen molar-refractivity contribution in [1.29, 1.82) is 0 Å². The molecule has 4 nitrogen and oxygen atoms in total. The third-order valence-electron chi connectivity index (χ3n) is 5.08. The predicted molar refractivity (Wildman–Crippen MR) is 78.3 cm³/mol. The van der Waals surface area contributed by atoms with Crippen LogP contribution in [0.4, 0.5) is 5.69 Å². The highest BCUT2D eigenvalue weighted by atomic mass is 16.5. The number of nitrogens with two attached hydrogens (primary N) is 1. The van der Waals surface area contributed by atoms with Crippen LogP contribution in [0.3, 0.4) is 0 Å². The maximum Gasteiger partial charge on any atom is 0.310 e. The van der Waals surface area contributed by atoms with Crippen LogP contribution in [0.1, 0.15) is 30.7 Å². The lowest BCUT2D eigenvalue weighted by Crippen LogP contribution is -2.49. The van der Waals surface area contributed by atoms with Crippen LogP contribution in [0.5, 0.6) is 0 Å². The van der Waals surface area contributed by atoms with E-state index in [-0.39, 0.29) is 17.8 Å². The maximum absolute atomic E-state index is 12.3. The smallest absolute Gasteiger partial charge is 0.310 e. The van der Waals surface area contributed by atoms with Gasteiger partial charge in [0, 0.05) is 23.7 Å². The van der Waals surface area contributed by atoms with Crippen molar-refractivity contribution in [3.8, 4) is 0 Å². The highest BCUT2D eigenvalue weighted by Gasteiger charge is 2.49. The van der Waals surface area contributed by atoms with Crippen molar-refractivity contribution in [2.75, 3.05) is 19.9 Å². The number of anilines is 1. The topological polar surface area (TPSA) is 55.6 Å². The number of carbonyl (C=O) groups excluding carboxylic acids is 1. The van der Waals surface area contributed by atoms with E-state index >= 15 is 0 Å². The van der Waals surface area contributed by atoms with Gasteiger partial charge < -0.3 is 10.5 Å². The first-order valence-electron chi connectivity index (χ1n) is 7.27. The lowest BCUT2D eigenvalue weighted by Gasteiger charge is -2.41. The number of rotatable bonds is 2. The summed E-state index contributed by atoms with van der Waals surface area (Å²) in [6.07, 6.45) is 3.27. The van der Waals surface area contributed by atoms with E-state index in [0.717, 1.165) is 18.5 Å². The van der Waals surface area contributed by atoms with Gasteiger partial charge in [0.15, 0.2) is 0 Å². The standard InChI is InChI=1S/C16H22N2O2/c1-18-12-6-7-14(18)15(16(19)20-2)13(9-12)10-4-3-5-11(17)8-10/h3-5,8,12-15H,6-7,9,17H2,1-2H3. The van der Waals surface area contributed by atoms with Crippen LogP contribution in [0.2, 0.25) is 0 Å². The van der Waals surface area contributed by atoms with Crippen molar-refractivity contribution in [2.45, 2.75) is 37.3 Å². The molecule has 4 atom stereocenters. The molecule has 3 rings (SSSR count). The van der Waals surface area contributed by atoms with Crippen molar-refractivity contribution in [1.82, 2.24) is 4.90 Å². The molecule has 2 heterocycles. The van der Waals surface area contributed by atoms with E-state index in [4.69, 9.17) is 10.5 Å². The van der Waals surface area contributed by atoms with E-state index in [1.807, 2.05) is 18.2 Å². The summed E-state index contributed by atoms with van der Waals surface area (Å²) >= 11 is 0. The highest BCUT2D eigenvalue weighted by Crippen LogP contribution is 2.46. The molecule has 0 amide bonds. The zero-order valence-electron chi connectivity index (χ0n) is 12.1. The van der Waals surface area contributed by atoms with Gasteiger partial charge in [0.1, 0.15) is 0 Å². The minimum absolute atomic E-state index is 0.0782. The van der Waals surface area contributed by atoms with Crippen LogP contribution in [-0.2, 0) is 9.53 Å². The van der Waals surface area contributed by atoms with Gasteiger partial charge in [-0.1, -0.05) is 12.1 Å². The molecule has 2 aliphatic rings. The SMILES string of the molecule is COC(=O)C1C(c2cccc(N)c2)CC2CCC1N2C. The number of piperidine rings is 1. The highest BCUT2D eigenvalue weighted by molar-refractivity contribution is 5.75. The number of fused-ring (bicyclic) bond motifs is 2. The molecule has 0 spiro atoms. The van der Waals surface area contributed by atoms with Gasteiger partial charge in [-0.2, -0.15) is 0 Å². The van der Waals surface area contributed by atoms with E-state index in [0.29, 0.717) is 12.1 Å². The van der Waals surface area contributed by atoms with Crippen LogP contribution in [0.25, 0.3) is 0 Å². The molecule has 1 aromatic rings. The molecule has 0 aliphatic carbocycles. The number of hydrogen-bond donors (Lipinski definition) is 1. The van der Waals surface area contributed by atoms with E-state index in [1.165, 1.54) is 19.1 Å². The van der Waals surface area contributed by atoms with Crippen molar-refractivity contribution in [2.24, 2.45) is 5.92 Å². The Kier molecular flexibility index (Phi) is 3.42. The van der Waals surface area contributed by atoms with Gasteiger partial charge in [0.05, 0.1) is 13.0 Å². The number of ether oxygens (including phenoxy) is 1. The summed E-state index contributed by atoms with van der Waals surface area (Å²) in [5.74, 6) is 0.0554. The number of hydrogen-bond acceptors (Lipinski definition) is 4. The lowest BCUT2D eigenvalue weighted by atomic mass is 9.76. The van der Waals surface area contributed by atoms with Crippen LogP contribution >= 0.6 is 0 Å². The summed E-state index contributed by atoms with van der Waals surface area (Å²) < 4.78 is 5.07. The molecule has 2 N–H and O–H groups in total. The first kappa shape index (κ1) is 13.4. The van der Waals surface area contributed by atoms with Gasteiger partial charge in [0.2, 0.25) is 0 Å². The number of methoxy groups -OCH3 is 1. The number of benzene rings is 1. The molecule has 2 fully saturated rings. The van der Waals surface area contributed by atoms with Crippen molar-refractivity contribution in [3.05, 3.63) is 29.8 Å². The van der Waals surface area contributed by atoms with E-state index in [1.54, 1.807) is 0 Å². The maximum atomic E-state index is 12.3. The van der Waals surface area contributed by atoms with E-state index < -0.39 is 0 Å². The second kappa shape index (κ2) is 5.09. The Balaban J connectivity index is 1.97. The predicted octanol–water partition coefficient (Wildman–Crippen LogP) is 2.01. The molecular weight excluding hydrogens is 252 g/mol. The molecule has 0 aromatic heterocycles. The summed E-state index contributed by atoms with van der Waals surface area (Å²) in [6, 6.07) is 8.83. The zero-order valence-corrected chi connectivity index (χ0v) is 12.1. The van der Waals surface area contributed by atoms with E-state index in [9.17, 15) is 4.79 Å². The third kappa shape index (κ3) is 2.08. The fourth-order valence-electron chi connectivity index (χ4n) is 4.06. The third-order valence-corrected chi connectivity index (χ3v) is 5.08. The normalized spacial score (nSPS) is 33.1. The second-order valence-electron chi connectivity index (χ2n) is 6.03. The summed E-state index contributed by atoms with van der Waals surface area (Å²) in [5.41, 5.74) is 7.84. The van der Waals surface area contributed by atoms with Gasteiger partial charge in [-0.25, -0.2) is 0 Å². The first-order valence-corrected chi connectivity index (χ1v) is 7.27. The van der Waals surface area contributed by atoms with Crippen molar-refractivity contribution >= 4 is 11.7 Å². The van der Waals surface area contributed by atoms with Crippen molar-refractivity contribution < 1.29 is 9.53 Å². The molecular formula is C16H22N2O2. The van der Waals surface area contributed by atoms with Crippen LogP contribution < -0.4 is 5.73 Å². The molecule has 2 saturated heterocycles. The summed E-state index contributed by atoms with van der Waals surface area (Å²) in [5, 5.41) is 0. The fraction of sp³-hybridized carbons (Fsp3) is 0.562. The molecule has 0 saturated carbocycles. The average molecular weight is 274 g/mol. The first-order chi connectivity index (χ1) is 9.61. The average Bonchev–Trinajstić information content (AvgIpc) is 2.69. The van der Waals surface area contributed by atoms with Crippen LogP contribution in [0, 0.1) is 5.92 Å². The summed E-state index contributed by atoms with van der Waals surface area (Å²) in [6.45, 7) is 0. The van der Waals surface area contributed by atoms with Gasteiger partial charge in [-0.15, -0.1) is 0 Å². The molecule has 0 radical (unpaired) electrons. The molecule has 108 valence electrons. The fourth-order valence-corrected chi connectivity index (χ4v) is 4.06. The molecule has 1 aromatic carbocycles. The Bertz CT molecular complexity index is 517. The number of nitrogen functional groups attached to an aromatic ring is 1. The molecule has 4 unspecified atom stereocenters. The largest absolute Gasteiger partial charge is 0.469 e. The van der Waals surface area contributed by atoms with Crippen LogP contribution in [-0.4, -0.2) is 37.1 Å². The minimum Gasteiger partial charge on any atom is -0.469 e. The van der Waals surface area contributed by atoms with Gasteiger partial charge in [0.25, 0.3) is 0 Å². The Morgan fingerprint density at radius 1 is 1.40 bits per heavy atom. The Morgan fingerprint density at radius 3 is 2.90 bits per heavy atom. The lowest BCUT2D eigenvalue weighted by molar-refractivity contribution is -0.150. The molecule has 2 bridgehead atoms. The minimum atomic E-state index is -0.0883. The molecule has 2 aliphatic heterocycles. The Labute approximate surface area is 119 Å². The summed E-state index contributed by atoms with van der Waals surface area (Å²) in [4.78, 5) is 14.7. The second-order valence-corrected chi connectivity index (χ2v) is 6.03. The van der Waals surface area contributed by atoms with Gasteiger partial charge >= 0.3 is 5.97 Å². The molecule has 20 heavy (non-hydrogen) atoms. The van der Waals surface area contributed by atoms with E-state index in [2.05, 4.69) is 18.0 Å². The Hall–Kier alpha value is -1.55. The van der Waals surface area contributed by atoms with Crippen LogP contribution in [0.15, 0.2) is 24.3 Å². The monoisotopic (exact) mass is 274 g/mol. The zero-order chi connectivity index (χ0) is 14.3. The Morgan fingerprint density at radius 2 is 2.20 bits per heavy atom. The number of nitrogens with zero attached hydrogens (tertiary/aromatic N) is 1. The quantitative estimate of drug-likeness (QED) is 0.662. The van der Waals surface area contributed by atoms with Gasteiger partial charge in [-0.05, 0) is 44.0 Å².